The zero-order valence-corrected chi connectivity index (χ0v) is 10.8. The van der Waals surface area contributed by atoms with E-state index in [1.165, 1.54) is 11.6 Å². The highest BCUT2D eigenvalue weighted by molar-refractivity contribution is 6.45. The van der Waals surface area contributed by atoms with Gasteiger partial charge in [0.1, 0.15) is 6.07 Å². The number of carbonyl (C=O) groups is 1. The summed E-state index contributed by atoms with van der Waals surface area (Å²) in [7, 11) is 0. The Morgan fingerprint density at radius 1 is 1.47 bits per heavy atom. The van der Waals surface area contributed by atoms with Gasteiger partial charge < -0.3 is 5.32 Å². The number of hydrogen-bond donors (Lipinski definition) is 2. The van der Waals surface area contributed by atoms with E-state index >= 15 is 0 Å². The Bertz CT molecular complexity index is 511. The van der Waals surface area contributed by atoms with Gasteiger partial charge in [-0.1, -0.05) is 25.1 Å². The van der Waals surface area contributed by atoms with E-state index in [0.29, 0.717) is 6.54 Å². The zero-order chi connectivity index (χ0) is 14.1. The van der Waals surface area contributed by atoms with E-state index in [9.17, 15) is 4.79 Å². The lowest BCUT2D eigenvalue weighted by molar-refractivity contribution is -0.114. The molecule has 2 N–H and O–H groups in total. The van der Waals surface area contributed by atoms with Gasteiger partial charge in [0.25, 0.3) is 5.91 Å². The van der Waals surface area contributed by atoms with E-state index in [1.54, 1.807) is 6.07 Å². The fourth-order valence-corrected chi connectivity index (χ4v) is 1.31. The van der Waals surface area contributed by atoms with Crippen LogP contribution in [0, 0.1) is 11.3 Å². The van der Waals surface area contributed by atoms with Gasteiger partial charge in [0.15, 0.2) is 0 Å². The number of rotatable bonds is 6. The fraction of sp³-hybridized carbons (Fsp3) is 0.214. The van der Waals surface area contributed by atoms with Crippen molar-refractivity contribution < 1.29 is 4.79 Å². The van der Waals surface area contributed by atoms with Gasteiger partial charge in [0, 0.05) is 6.54 Å². The average molecular weight is 256 g/mol. The summed E-state index contributed by atoms with van der Waals surface area (Å²) in [5.74, 6) is -0.528. The molecule has 98 valence electrons. The Morgan fingerprint density at radius 2 is 2.16 bits per heavy atom. The van der Waals surface area contributed by atoms with Crippen LogP contribution in [0.25, 0.3) is 0 Å². The van der Waals surface area contributed by atoms with Crippen molar-refractivity contribution in [2.24, 2.45) is 5.10 Å². The van der Waals surface area contributed by atoms with Crippen LogP contribution < -0.4 is 10.7 Å². The first-order valence-electron chi connectivity index (χ1n) is 5.93. The van der Waals surface area contributed by atoms with Crippen LogP contribution in [0.15, 0.2) is 42.0 Å². The van der Waals surface area contributed by atoms with Crippen molar-refractivity contribution in [2.45, 2.75) is 13.3 Å². The highest BCUT2D eigenvalue weighted by atomic mass is 16.1. The smallest absolute Gasteiger partial charge is 0.282 e. The predicted octanol–water partition coefficient (Wildman–Crippen LogP) is 1.84. The van der Waals surface area contributed by atoms with Crippen molar-refractivity contribution in [3.8, 4) is 6.07 Å². The molecule has 1 aromatic carbocycles. The minimum Gasteiger partial charge on any atom is -0.347 e. The summed E-state index contributed by atoms with van der Waals surface area (Å²) >= 11 is 0. The maximum absolute atomic E-state index is 11.5. The molecule has 0 bridgehead atoms. The first kappa shape index (κ1) is 14.5. The Labute approximate surface area is 112 Å². The van der Waals surface area contributed by atoms with Crippen LogP contribution in [0.4, 0.5) is 5.69 Å². The minimum atomic E-state index is -0.528. The number of amides is 1. The summed E-state index contributed by atoms with van der Waals surface area (Å²) in [5, 5.41) is 15.1. The van der Waals surface area contributed by atoms with Crippen molar-refractivity contribution in [1.82, 2.24) is 5.32 Å². The van der Waals surface area contributed by atoms with E-state index < -0.39 is 5.91 Å². The molecular formula is C14H16N4O. The Morgan fingerprint density at radius 3 is 2.68 bits per heavy atom. The molecule has 0 aromatic heterocycles. The fourth-order valence-electron chi connectivity index (χ4n) is 1.31. The molecule has 0 radical (unpaired) electrons. The quantitative estimate of drug-likeness (QED) is 0.463. The molecule has 5 nitrogen and oxygen atoms in total. The standard InChI is InChI=1S/C14H16N4O/c1-3-9-16-14(19)13(10-15)18-17-12-7-5-11(4-2)6-8-12/h3,5-8,17H,1,4,9H2,2H3,(H,16,19)/b18-13-. The molecule has 0 saturated heterocycles. The molecule has 1 rings (SSSR count). The van der Waals surface area contributed by atoms with Crippen LogP contribution in [0.2, 0.25) is 0 Å². The zero-order valence-electron chi connectivity index (χ0n) is 10.8. The molecule has 0 spiro atoms. The molecule has 0 heterocycles. The number of anilines is 1. The summed E-state index contributed by atoms with van der Waals surface area (Å²) in [6, 6.07) is 9.36. The Kier molecular flexibility index (Phi) is 5.83. The highest BCUT2D eigenvalue weighted by Crippen LogP contribution is 2.09. The SMILES string of the molecule is C=CCNC(=O)/C(C#N)=N\Nc1ccc(CC)cc1. The van der Waals surface area contributed by atoms with Crippen molar-refractivity contribution in [3.63, 3.8) is 0 Å². The number of carbonyl (C=O) groups excluding carboxylic acids is 1. The third kappa shape index (κ3) is 4.64. The molecule has 1 amide bonds. The molecule has 0 fully saturated rings. The summed E-state index contributed by atoms with van der Waals surface area (Å²) in [5.41, 5.74) is 4.39. The Hall–Kier alpha value is -2.61. The monoisotopic (exact) mass is 256 g/mol. The van der Waals surface area contributed by atoms with Crippen molar-refractivity contribution in [3.05, 3.63) is 42.5 Å². The van der Waals surface area contributed by atoms with Gasteiger partial charge in [0.2, 0.25) is 5.71 Å². The molecule has 0 unspecified atom stereocenters. The van der Waals surface area contributed by atoms with E-state index in [1.807, 2.05) is 24.3 Å². The molecule has 0 aliphatic heterocycles. The summed E-state index contributed by atoms with van der Waals surface area (Å²) < 4.78 is 0. The number of nitrogens with one attached hydrogen (secondary N) is 2. The van der Waals surface area contributed by atoms with Crippen molar-refractivity contribution in [2.75, 3.05) is 12.0 Å². The second kappa shape index (κ2) is 7.67. The number of nitriles is 1. The number of benzene rings is 1. The number of aryl methyl sites for hydroxylation is 1. The van der Waals surface area contributed by atoms with Gasteiger partial charge >= 0.3 is 0 Å². The van der Waals surface area contributed by atoms with Crippen molar-refractivity contribution in [1.29, 1.82) is 5.26 Å². The van der Waals surface area contributed by atoms with E-state index in [0.717, 1.165) is 12.1 Å². The molecule has 0 aliphatic rings. The molecular weight excluding hydrogens is 240 g/mol. The third-order valence-electron chi connectivity index (χ3n) is 2.39. The minimum absolute atomic E-state index is 0.221. The molecule has 0 aliphatic carbocycles. The lowest BCUT2D eigenvalue weighted by Crippen LogP contribution is -2.30. The number of hydrogen-bond acceptors (Lipinski definition) is 4. The summed E-state index contributed by atoms with van der Waals surface area (Å²) in [4.78, 5) is 11.5. The molecule has 19 heavy (non-hydrogen) atoms. The van der Waals surface area contributed by atoms with Crippen LogP contribution in [0.1, 0.15) is 12.5 Å². The number of nitrogens with zero attached hydrogens (tertiary/aromatic N) is 2. The van der Waals surface area contributed by atoms with Gasteiger partial charge in [0.05, 0.1) is 5.69 Å². The first-order chi connectivity index (χ1) is 9.21. The summed E-state index contributed by atoms with van der Waals surface area (Å²) in [6.45, 7) is 5.84. The van der Waals surface area contributed by atoms with Gasteiger partial charge in [-0.2, -0.15) is 10.4 Å². The lowest BCUT2D eigenvalue weighted by Gasteiger charge is -2.03. The second-order valence-corrected chi connectivity index (χ2v) is 3.73. The van der Waals surface area contributed by atoms with Crippen LogP contribution in [-0.2, 0) is 11.2 Å². The van der Waals surface area contributed by atoms with Crippen LogP contribution >= 0.6 is 0 Å². The Balaban J connectivity index is 2.68. The second-order valence-electron chi connectivity index (χ2n) is 3.73. The summed E-state index contributed by atoms with van der Waals surface area (Å²) in [6.07, 6.45) is 2.49. The van der Waals surface area contributed by atoms with E-state index in [2.05, 4.69) is 29.3 Å². The van der Waals surface area contributed by atoms with Gasteiger partial charge in [-0.05, 0) is 24.1 Å². The average Bonchev–Trinajstić information content (AvgIpc) is 2.46. The largest absolute Gasteiger partial charge is 0.347 e. The molecule has 0 saturated carbocycles. The number of hydrazone groups is 1. The van der Waals surface area contributed by atoms with E-state index in [4.69, 9.17) is 5.26 Å². The van der Waals surface area contributed by atoms with Crippen LogP contribution in [0.5, 0.6) is 0 Å². The van der Waals surface area contributed by atoms with Gasteiger partial charge in [-0.15, -0.1) is 6.58 Å². The predicted molar refractivity (Wildman–Crippen MR) is 75.7 cm³/mol. The highest BCUT2D eigenvalue weighted by Gasteiger charge is 2.09. The molecule has 5 heteroatoms. The van der Waals surface area contributed by atoms with Gasteiger partial charge in [-0.3, -0.25) is 10.2 Å². The van der Waals surface area contributed by atoms with Crippen LogP contribution in [0.3, 0.4) is 0 Å². The topological polar surface area (TPSA) is 77.3 Å². The molecule has 0 atom stereocenters. The molecule has 1 aromatic rings. The normalized spacial score (nSPS) is 10.4. The van der Waals surface area contributed by atoms with Crippen LogP contribution in [-0.4, -0.2) is 18.2 Å². The maximum atomic E-state index is 11.5. The first-order valence-corrected chi connectivity index (χ1v) is 5.93. The van der Waals surface area contributed by atoms with Gasteiger partial charge in [-0.25, -0.2) is 0 Å². The lowest BCUT2D eigenvalue weighted by atomic mass is 10.2. The maximum Gasteiger partial charge on any atom is 0.282 e. The van der Waals surface area contributed by atoms with Crippen molar-refractivity contribution >= 4 is 17.3 Å². The van der Waals surface area contributed by atoms with E-state index in [-0.39, 0.29) is 5.71 Å². The third-order valence-corrected chi connectivity index (χ3v) is 2.39.